The molecule has 4 saturated carbocycles. The van der Waals surface area contributed by atoms with Crippen LogP contribution in [0.4, 0.5) is 0 Å². The lowest BCUT2D eigenvalue weighted by Crippen LogP contribution is -2.60. The topological polar surface area (TPSA) is 69.7 Å². The number of hydrogen-bond donors (Lipinski definition) is 0. The van der Waals surface area contributed by atoms with Gasteiger partial charge >= 0.3 is 11.9 Å². The minimum absolute atomic E-state index is 0.0288. The van der Waals surface area contributed by atoms with Gasteiger partial charge in [0.1, 0.15) is 11.9 Å². The Morgan fingerprint density at radius 1 is 0.944 bits per heavy atom. The standard InChI is InChI=1S/C31H50O5/c1-7-21-25-18-20(36-26(32)8-2)14-16-31(25,6)24-15-17-30(5)22(11-12-23(30)28(24)29(21)34)19(4)10-13-27(33)35-9-3/h19-25,28H,7-18H2,1-6H3/t19-,20-,21?,22?,23?,24?,25?,28?,30-,31-/m1/s1. The van der Waals surface area contributed by atoms with Crippen LogP contribution in [0.25, 0.3) is 0 Å². The van der Waals surface area contributed by atoms with E-state index in [1.807, 2.05) is 13.8 Å². The second kappa shape index (κ2) is 10.8. The van der Waals surface area contributed by atoms with Gasteiger partial charge in [0.15, 0.2) is 0 Å². The first kappa shape index (κ1) is 27.6. The minimum Gasteiger partial charge on any atom is -0.466 e. The first-order chi connectivity index (χ1) is 17.1. The molecule has 0 spiro atoms. The van der Waals surface area contributed by atoms with E-state index < -0.39 is 0 Å². The molecule has 5 nitrogen and oxygen atoms in total. The van der Waals surface area contributed by atoms with E-state index in [9.17, 15) is 14.4 Å². The van der Waals surface area contributed by atoms with E-state index in [4.69, 9.17) is 9.47 Å². The predicted molar refractivity (Wildman–Crippen MR) is 140 cm³/mol. The fourth-order valence-electron chi connectivity index (χ4n) is 9.75. The van der Waals surface area contributed by atoms with Crippen molar-refractivity contribution in [1.82, 2.24) is 0 Å². The molecular weight excluding hydrogens is 452 g/mol. The summed E-state index contributed by atoms with van der Waals surface area (Å²) in [4.78, 5) is 38.3. The molecule has 0 amide bonds. The van der Waals surface area contributed by atoms with Gasteiger partial charge in [0.05, 0.1) is 6.61 Å². The molecule has 0 radical (unpaired) electrons. The van der Waals surface area contributed by atoms with Gasteiger partial charge in [-0.2, -0.15) is 0 Å². The largest absolute Gasteiger partial charge is 0.466 e. The molecule has 0 heterocycles. The summed E-state index contributed by atoms with van der Waals surface area (Å²) < 4.78 is 11.0. The van der Waals surface area contributed by atoms with Crippen molar-refractivity contribution in [3.8, 4) is 0 Å². The summed E-state index contributed by atoms with van der Waals surface area (Å²) in [6, 6.07) is 0. The van der Waals surface area contributed by atoms with Gasteiger partial charge in [-0.3, -0.25) is 14.4 Å². The molecule has 0 aromatic heterocycles. The third-order valence-electron chi connectivity index (χ3n) is 11.6. The van der Waals surface area contributed by atoms with Gasteiger partial charge in [0.2, 0.25) is 0 Å². The highest BCUT2D eigenvalue weighted by Crippen LogP contribution is 2.68. The Labute approximate surface area is 218 Å². The zero-order valence-electron chi connectivity index (χ0n) is 23.6. The van der Waals surface area contributed by atoms with Crippen molar-refractivity contribution in [3.63, 3.8) is 0 Å². The van der Waals surface area contributed by atoms with Crippen LogP contribution in [-0.2, 0) is 23.9 Å². The number of carbonyl (C=O) groups is 3. The second-order valence-corrected chi connectivity index (χ2v) is 13.1. The molecule has 4 aliphatic carbocycles. The predicted octanol–water partition coefficient (Wildman–Crippen LogP) is 6.76. The molecule has 0 saturated heterocycles. The average Bonchev–Trinajstić information content (AvgIpc) is 3.21. The molecule has 0 N–H and O–H groups in total. The van der Waals surface area contributed by atoms with Gasteiger partial charge in [-0.05, 0) is 105 Å². The van der Waals surface area contributed by atoms with Crippen molar-refractivity contribution in [3.05, 3.63) is 0 Å². The molecule has 0 aromatic rings. The van der Waals surface area contributed by atoms with Crippen LogP contribution in [0.5, 0.6) is 0 Å². The van der Waals surface area contributed by atoms with Crippen molar-refractivity contribution in [2.75, 3.05) is 6.61 Å². The van der Waals surface area contributed by atoms with E-state index in [1.165, 1.54) is 12.8 Å². The Bertz CT molecular complexity index is 837. The molecule has 4 fully saturated rings. The van der Waals surface area contributed by atoms with Crippen LogP contribution in [0, 0.1) is 52.3 Å². The van der Waals surface area contributed by atoms with Gasteiger partial charge in [-0.1, -0.05) is 34.6 Å². The Morgan fingerprint density at radius 2 is 1.64 bits per heavy atom. The van der Waals surface area contributed by atoms with Gasteiger partial charge in [0.25, 0.3) is 0 Å². The van der Waals surface area contributed by atoms with Gasteiger partial charge in [0, 0.05) is 24.7 Å². The first-order valence-corrected chi connectivity index (χ1v) is 15.0. The molecular formula is C31H50O5. The highest BCUT2D eigenvalue weighted by atomic mass is 16.5. The number of fused-ring (bicyclic) bond motifs is 5. The monoisotopic (exact) mass is 502 g/mol. The summed E-state index contributed by atoms with van der Waals surface area (Å²) in [7, 11) is 0. The first-order valence-electron chi connectivity index (χ1n) is 15.0. The number of esters is 2. The lowest BCUT2D eigenvalue weighted by molar-refractivity contribution is -0.179. The SMILES string of the molecule is CCOC(=O)CC[C@@H](C)C1CCC2C3C(=O)C(CC)C4C[C@H](OC(=O)CC)CC[C@]4(C)C3CC[C@@]21C. The molecule has 0 aliphatic heterocycles. The van der Waals surface area contributed by atoms with Crippen molar-refractivity contribution >= 4 is 17.7 Å². The Balaban J connectivity index is 1.53. The summed E-state index contributed by atoms with van der Waals surface area (Å²) in [6.07, 6.45) is 10.1. The quantitative estimate of drug-likeness (QED) is 0.343. The van der Waals surface area contributed by atoms with Gasteiger partial charge in [-0.15, -0.1) is 0 Å². The molecule has 4 aliphatic rings. The molecule has 6 unspecified atom stereocenters. The molecule has 0 bridgehead atoms. The van der Waals surface area contributed by atoms with Crippen LogP contribution >= 0.6 is 0 Å². The summed E-state index contributed by atoms with van der Waals surface area (Å²) in [6.45, 7) is 13.6. The van der Waals surface area contributed by atoms with Crippen molar-refractivity contribution in [2.45, 2.75) is 118 Å². The number of carbonyl (C=O) groups excluding carboxylic acids is 3. The van der Waals surface area contributed by atoms with E-state index in [0.717, 1.165) is 44.9 Å². The van der Waals surface area contributed by atoms with Crippen LogP contribution in [0.3, 0.4) is 0 Å². The second-order valence-electron chi connectivity index (χ2n) is 13.1. The molecule has 10 atom stereocenters. The highest BCUT2D eigenvalue weighted by Gasteiger charge is 2.65. The summed E-state index contributed by atoms with van der Waals surface area (Å²) in [5.74, 6) is 2.85. The van der Waals surface area contributed by atoms with E-state index in [0.29, 0.717) is 54.8 Å². The van der Waals surface area contributed by atoms with Crippen LogP contribution in [-0.4, -0.2) is 30.4 Å². The molecule has 5 heteroatoms. The molecule has 204 valence electrons. The van der Waals surface area contributed by atoms with Crippen molar-refractivity contribution in [2.24, 2.45) is 52.3 Å². The van der Waals surface area contributed by atoms with Crippen molar-refractivity contribution in [1.29, 1.82) is 0 Å². The maximum absolute atomic E-state index is 14.3. The highest BCUT2D eigenvalue weighted by molar-refractivity contribution is 5.86. The summed E-state index contributed by atoms with van der Waals surface area (Å²) >= 11 is 0. The number of hydrogen-bond acceptors (Lipinski definition) is 5. The number of ether oxygens (including phenoxy) is 2. The maximum Gasteiger partial charge on any atom is 0.305 e. The smallest absolute Gasteiger partial charge is 0.305 e. The Kier molecular flexibility index (Phi) is 8.27. The van der Waals surface area contributed by atoms with Crippen LogP contribution in [0.2, 0.25) is 0 Å². The number of rotatable bonds is 8. The third kappa shape index (κ3) is 4.66. The average molecular weight is 503 g/mol. The zero-order valence-corrected chi connectivity index (χ0v) is 23.6. The maximum atomic E-state index is 14.3. The van der Waals surface area contributed by atoms with Gasteiger partial charge < -0.3 is 9.47 Å². The van der Waals surface area contributed by atoms with Crippen LogP contribution < -0.4 is 0 Å². The van der Waals surface area contributed by atoms with Crippen LogP contribution in [0.15, 0.2) is 0 Å². The van der Waals surface area contributed by atoms with E-state index in [-0.39, 0.29) is 40.7 Å². The number of Topliss-reactive ketones (excluding diaryl/α,β-unsaturated/α-hetero) is 1. The van der Waals surface area contributed by atoms with Crippen LogP contribution in [0.1, 0.15) is 112 Å². The molecule has 36 heavy (non-hydrogen) atoms. The van der Waals surface area contributed by atoms with Gasteiger partial charge in [-0.25, -0.2) is 0 Å². The van der Waals surface area contributed by atoms with E-state index in [1.54, 1.807) is 0 Å². The molecule has 0 aromatic carbocycles. The minimum atomic E-state index is -0.112. The Hall–Kier alpha value is -1.39. The third-order valence-corrected chi connectivity index (χ3v) is 11.6. The van der Waals surface area contributed by atoms with E-state index in [2.05, 4.69) is 27.7 Å². The lowest BCUT2D eigenvalue weighted by atomic mass is 9.42. The fraction of sp³-hybridized carbons (Fsp3) is 0.903. The summed E-state index contributed by atoms with van der Waals surface area (Å²) in [5.41, 5.74) is 0.337. The number of ketones is 1. The zero-order chi connectivity index (χ0) is 26.3. The Morgan fingerprint density at radius 3 is 2.31 bits per heavy atom. The summed E-state index contributed by atoms with van der Waals surface area (Å²) in [5, 5.41) is 0. The normalized spacial score (nSPS) is 42.6. The fourth-order valence-corrected chi connectivity index (χ4v) is 9.75. The van der Waals surface area contributed by atoms with Crippen molar-refractivity contribution < 1.29 is 23.9 Å². The lowest BCUT2D eigenvalue weighted by Gasteiger charge is -2.62. The molecule has 4 rings (SSSR count). The van der Waals surface area contributed by atoms with E-state index >= 15 is 0 Å².